The number of thiophene rings is 1. The number of ether oxygens (including phenoxy) is 1. The lowest BCUT2D eigenvalue weighted by atomic mass is 9.77. The Morgan fingerprint density at radius 2 is 2.04 bits per heavy atom. The minimum absolute atomic E-state index is 0.0261. The molecule has 0 radical (unpaired) electrons. The first-order valence-corrected chi connectivity index (χ1v) is 12.2. The van der Waals surface area contributed by atoms with Gasteiger partial charge in [-0.3, -0.25) is 10.1 Å². The van der Waals surface area contributed by atoms with Crippen molar-refractivity contribution in [2.75, 3.05) is 50.2 Å². The maximum Gasteiger partial charge on any atom is 0.319 e. The van der Waals surface area contributed by atoms with E-state index in [4.69, 9.17) is 4.74 Å². The Labute approximate surface area is 175 Å². The predicted octanol–water partition coefficient (Wildman–Crippen LogP) is 3.61. The molecule has 0 bridgehead atoms. The van der Waals surface area contributed by atoms with Crippen LogP contribution in [0.2, 0.25) is 0 Å². The maximum atomic E-state index is 13.3. The monoisotopic (exact) mass is 425 g/mol. The number of urea groups is 1. The highest BCUT2D eigenvalue weighted by Gasteiger charge is 2.34. The van der Waals surface area contributed by atoms with Crippen molar-refractivity contribution in [3.05, 3.63) is 16.0 Å². The molecule has 1 fully saturated rings. The summed E-state index contributed by atoms with van der Waals surface area (Å²) in [5.41, 5.74) is 2.07. The van der Waals surface area contributed by atoms with Gasteiger partial charge in [0, 0.05) is 24.5 Å². The molecule has 1 aromatic rings. The third kappa shape index (κ3) is 5.21. The Morgan fingerprint density at radius 1 is 1.29 bits per heavy atom. The molecule has 3 amide bonds. The fourth-order valence-corrected chi connectivity index (χ4v) is 5.64. The molecule has 2 heterocycles. The van der Waals surface area contributed by atoms with Crippen LogP contribution in [0.5, 0.6) is 0 Å². The van der Waals surface area contributed by atoms with Gasteiger partial charge in [-0.05, 0) is 48.7 Å². The zero-order valence-electron chi connectivity index (χ0n) is 17.1. The van der Waals surface area contributed by atoms with Crippen LogP contribution in [0.3, 0.4) is 0 Å². The first-order valence-electron chi connectivity index (χ1n) is 9.96. The molecule has 156 valence electrons. The SMILES string of the molecule is CSCCCNC(=O)Nc1sc2c(c1C(=O)N1CCOCC1)CCC(C)(C)C2. The molecule has 28 heavy (non-hydrogen) atoms. The van der Waals surface area contributed by atoms with E-state index in [1.165, 1.54) is 4.88 Å². The van der Waals surface area contributed by atoms with Gasteiger partial charge in [0.25, 0.3) is 5.91 Å². The number of nitrogens with zero attached hydrogens (tertiary/aromatic N) is 1. The van der Waals surface area contributed by atoms with Gasteiger partial charge in [0.15, 0.2) is 0 Å². The molecule has 0 aromatic carbocycles. The molecule has 1 aliphatic carbocycles. The molecule has 0 saturated carbocycles. The third-order valence-electron chi connectivity index (χ3n) is 5.33. The fourth-order valence-electron chi connectivity index (χ4n) is 3.71. The molecule has 2 aliphatic rings. The highest BCUT2D eigenvalue weighted by atomic mass is 32.2. The Hall–Kier alpha value is -1.25. The molecule has 1 aliphatic heterocycles. The lowest BCUT2D eigenvalue weighted by Crippen LogP contribution is -2.41. The molecule has 1 aromatic heterocycles. The van der Waals surface area contributed by atoms with Gasteiger partial charge in [0.05, 0.1) is 18.8 Å². The molecule has 6 nitrogen and oxygen atoms in total. The number of anilines is 1. The van der Waals surface area contributed by atoms with Gasteiger partial charge in [-0.15, -0.1) is 11.3 Å². The van der Waals surface area contributed by atoms with E-state index < -0.39 is 0 Å². The number of fused-ring (bicyclic) bond motifs is 1. The highest BCUT2D eigenvalue weighted by Crippen LogP contribution is 2.44. The highest BCUT2D eigenvalue weighted by molar-refractivity contribution is 7.98. The fraction of sp³-hybridized carbons (Fsp3) is 0.700. The van der Waals surface area contributed by atoms with Gasteiger partial charge in [0.1, 0.15) is 5.00 Å². The van der Waals surface area contributed by atoms with E-state index in [-0.39, 0.29) is 17.4 Å². The van der Waals surface area contributed by atoms with Gasteiger partial charge in [-0.2, -0.15) is 11.8 Å². The van der Waals surface area contributed by atoms with Crippen LogP contribution in [0.4, 0.5) is 9.80 Å². The molecule has 0 unspecified atom stereocenters. The minimum Gasteiger partial charge on any atom is -0.378 e. The number of carbonyl (C=O) groups excluding carboxylic acids is 2. The average molecular weight is 426 g/mol. The summed E-state index contributed by atoms with van der Waals surface area (Å²) in [6.45, 7) is 7.53. The number of carbonyl (C=O) groups is 2. The van der Waals surface area contributed by atoms with E-state index in [0.29, 0.717) is 43.4 Å². The second kappa shape index (κ2) is 9.50. The quantitative estimate of drug-likeness (QED) is 0.683. The molecule has 8 heteroatoms. The Balaban J connectivity index is 1.80. The van der Waals surface area contributed by atoms with Crippen LogP contribution >= 0.6 is 23.1 Å². The number of morpholine rings is 1. The molecule has 0 atom stereocenters. The Kier molecular flexibility index (Phi) is 7.28. The zero-order chi connectivity index (χ0) is 20.1. The van der Waals surface area contributed by atoms with E-state index in [0.717, 1.165) is 37.0 Å². The third-order valence-corrected chi connectivity index (χ3v) is 7.18. The van der Waals surface area contributed by atoms with Gasteiger partial charge in [-0.1, -0.05) is 13.8 Å². The van der Waals surface area contributed by atoms with E-state index in [2.05, 4.69) is 30.7 Å². The molecule has 1 saturated heterocycles. The summed E-state index contributed by atoms with van der Waals surface area (Å²) in [7, 11) is 0. The number of rotatable bonds is 6. The van der Waals surface area contributed by atoms with Crippen molar-refractivity contribution in [1.82, 2.24) is 10.2 Å². The first-order chi connectivity index (χ1) is 13.4. The second-order valence-corrected chi connectivity index (χ2v) is 10.3. The molecule has 0 spiro atoms. The lowest BCUT2D eigenvalue weighted by molar-refractivity contribution is 0.0303. The minimum atomic E-state index is -0.227. The summed E-state index contributed by atoms with van der Waals surface area (Å²) in [6, 6.07) is -0.227. The van der Waals surface area contributed by atoms with Crippen LogP contribution in [0.1, 0.15) is 47.5 Å². The van der Waals surface area contributed by atoms with E-state index >= 15 is 0 Å². The van der Waals surface area contributed by atoms with Crippen molar-refractivity contribution in [3.8, 4) is 0 Å². The Morgan fingerprint density at radius 3 is 2.75 bits per heavy atom. The van der Waals surface area contributed by atoms with Crippen LogP contribution < -0.4 is 10.6 Å². The van der Waals surface area contributed by atoms with Crippen LogP contribution in [0.25, 0.3) is 0 Å². The topological polar surface area (TPSA) is 70.7 Å². The summed E-state index contributed by atoms with van der Waals surface area (Å²) < 4.78 is 5.39. The lowest BCUT2D eigenvalue weighted by Gasteiger charge is -2.31. The van der Waals surface area contributed by atoms with Crippen LogP contribution in [0.15, 0.2) is 0 Å². The second-order valence-electron chi connectivity index (χ2n) is 8.18. The van der Waals surface area contributed by atoms with Gasteiger partial charge in [-0.25, -0.2) is 4.79 Å². The van der Waals surface area contributed by atoms with Gasteiger partial charge >= 0.3 is 6.03 Å². The molecular formula is C20H31N3O3S2. The van der Waals surface area contributed by atoms with Crippen LogP contribution in [-0.2, 0) is 17.6 Å². The average Bonchev–Trinajstić information content (AvgIpc) is 3.00. The largest absolute Gasteiger partial charge is 0.378 e. The van der Waals surface area contributed by atoms with E-state index in [1.54, 1.807) is 23.1 Å². The summed E-state index contributed by atoms with van der Waals surface area (Å²) in [5.74, 6) is 1.04. The number of hydrogen-bond acceptors (Lipinski definition) is 5. The molecular weight excluding hydrogens is 394 g/mol. The van der Waals surface area contributed by atoms with Crippen LogP contribution in [0, 0.1) is 5.41 Å². The zero-order valence-corrected chi connectivity index (χ0v) is 18.7. The van der Waals surface area contributed by atoms with Crippen molar-refractivity contribution in [2.24, 2.45) is 5.41 Å². The van der Waals surface area contributed by atoms with E-state index in [1.807, 2.05) is 4.90 Å². The van der Waals surface area contributed by atoms with E-state index in [9.17, 15) is 9.59 Å². The van der Waals surface area contributed by atoms with Crippen molar-refractivity contribution in [1.29, 1.82) is 0 Å². The summed E-state index contributed by atoms with van der Waals surface area (Å²) >= 11 is 3.34. The van der Waals surface area contributed by atoms with Crippen molar-refractivity contribution < 1.29 is 14.3 Å². The number of thioether (sulfide) groups is 1. The summed E-state index contributed by atoms with van der Waals surface area (Å²) in [5, 5.41) is 6.58. The normalized spacial score (nSPS) is 18.5. The van der Waals surface area contributed by atoms with Crippen molar-refractivity contribution in [3.63, 3.8) is 0 Å². The number of amides is 3. The van der Waals surface area contributed by atoms with Crippen molar-refractivity contribution in [2.45, 2.75) is 39.5 Å². The van der Waals surface area contributed by atoms with Gasteiger partial charge < -0.3 is 15.0 Å². The molecule has 2 N–H and O–H groups in total. The number of nitrogens with one attached hydrogen (secondary N) is 2. The van der Waals surface area contributed by atoms with Crippen LogP contribution in [-0.4, -0.2) is 61.7 Å². The van der Waals surface area contributed by atoms with Crippen molar-refractivity contribution >= 4 is 40.0 Å². The first kappa shape index (κ1) is 21.5. The summed E-state index contributed by atoms with van der Waals surface area (Å²) in [6.07, 6.45) is 5.89. The van der Waals surface area contributed by atoms with Gasteiger partial charge in [0.2, 0.25) is 0 Å². The predicted molar refractivity (Wildman–Crippen MR) is 117 cm³/mol. The Bertz CT molecular complexity index is 712. The maximum absolute atomic E-state index is 13.3. The summed E-state index contributed by atoms with van der Waals surface area (Å²) in [4.78, 5) is 28.8. The standard InChI is InChI=1S/C20H31N3O3S2/c1-20(2)6-5-14-15(13-20)28-17(22-19(25)21-7-4-12-27-3)16(14)18(24)23-8-10-26-11-9-23/h4-13H2,1-3H3,(H2,21,22,25). The number of hydrogen-bond donors (Lipinski definition) is 2. The smallest absolute Gasteiger partial charge is 0.319 e. The molecule has 3 rings (SSSR count).